The first-order valence-electron chi connectivity index (χ1n) is 3.74. The molecular formula is C8H13N3. The highest BCUT2D eigenvalue weighted by Crippen LogP contribution is 2.12. The molecule has 1 atom stereocenters. The highest BCUT2D eigenvalue weighted by Gasteiger charge is 2.11. The van der Waals surface area contributed by atoms with E-state index in [4.69, 9.17) is 5.73 Å². The molecule has 0 saturated heterocycles. The molecule has 1 aromatic rings. The summed E-state index contributed by atoms with van der Waals surface area (Å²) in [6.45, 7) is 4.11. The highest BCUT2D eigenvalue weighted by atomic mass is 14.9. The maximum absolute atomic E-state index is 5.81. The first kappa shape index (κ1) is 8.14. The zero-order valence-electron chi connectivity index (χ0n) is 6.86. The van der Waals surface area contributed by atoms with Crippen molar-refractivity contribution in [3.05, 3.63) is 24.3 Å². The van der Waals surface area contributed by atoms with Crippen LogP contribution in [-0.2, 0) is 0 Å². The molecule has 3 nitrogen and oxygen atoms in total. The molecule has 0 aliphatic heterocycles. The van der Waals surface area contributed by atoms with Gasteiger partial charge in [0.15, 0.2) is 0 Å². The lowest BCUT2D eigenvalue weighted by Crippen LogP contribution is -2.19. The van der Waals surface area contributed by atoms with E-state index in [9.17, 15) is 0 Å². The Morgan fingerprint density at radius 2 is 1.82 bits per heavy atom. The van der Waals surface area contributed by atoms with E-state index in [2.05, 4.69) is 23.8 Å². The van der Waals surface area contributed by atoms with E-state index < -0.39 is 0 Å². The Morgan fingerprint density at radius 1 is 1.27 bits per heavy atom. The maximum atomic E-state index is 5.81. The Labute approximate surface area is 66.7 Å². The van der Waals surface area contributed by atoms with E-state index in [1.54, 1.807) is 18.5 Å². The van der Waals surface area contributed by atoms with Crippen LogP contribution in [0.1, 0.15) is 25.7 Å². The average Bonchev–Trinajstić information content (AvgIpc) is 2.05. The molecule has 0 fully saturated rings. The van der Waals surface area contributed by atoms with Gasteiger partial charge in [-0.25, -0.2) is 9.97 Å². The molecule has 3 heteroatoms. The molecule has 1 rings (SSSR count). The molecule has 0 spiro atoms. The third-order valence-electron chi connectivity index (χ3n) is 1.60. The van der Waals surface area contributed by atoms with Gasteiger partial charge >= 0.3 is 0 Å². The third-order valence-corrected chi connectivity index (χ3v) is 1.60. The van der Waals surface area contributed by atoms with Crippen LogP contribution in [0, 0.1) is 5.92 Å². The Kier molecular flexibility index (Phi) is 2.54. The standard InChI is InChI=1S/C8H13N3/c1-6(2)7(9)8-10-4-3-5-11-8/h3-7H,9H2,1-2H3/t7-/m1/s1. The van der Waals surface area contributed by atoms with Gasteiger partial charge in [-0.05, 0) is 12.0 Å². The zero-order valence-corrected chi connectivity index (χ0v) is 6.86. The minimum Gasteiger partial charge on any atom is -0.321 e. The molecule has 0 aliphatic carbocycles. The van der Waals surface area contributed by atoms with Crippen LogP contribution in [-0.4, -0.2) is 9.97 Å². The second kappa shape index (κ2) is 3.44. The number of rotatable bonds is 2. The van der Waals surface area contributed by atoms with Crippen molar-refractivity contribution in [3.8, 4) is 0 Å². The lowest BCUT2D eigenvalue weighted by molar-refractivity contribution is 0.490. The van der Waals surface area contributed by atoms with Gasteiger partial charge in [-0.3, -0.25) is 0 Å². The summed E-state index contributed by atoms with van der Waals surface area (Å²) in [5, 5.41) is 0. The second-order valence-corrected chi connectivity index (χ2v) is 2.88. The van der Waals surface area contributed by atoms with Gasteiger partial charge in [-0.2, -0.15) is 0 Å². The summed E-state index contributed by atoms with van der Waals surface area (Å²) in [4.78, 5) is 8.13. The summed E-state index contributed by atoms with van der Waals surface area (Å²) in [6.07, 6.45) is 3.43. The van der Waals surface area contributed by atoms with Crippen molar-refractivity contribution in [1.29, 1.82) is 0 Å². The number of nitrogens with zero attached hydrogens (tertiary/aromatic N) is 2. The van der Waals surface area contributed by atoms with Gasteiger partial charge in [0.25, 0.3) is 0 Å². The summed E-state index contributed by atoms with van der Waals surface area (Å²) < 4.78 is 0. The summed E-state index contributed by atoms with van der Waals surface area (Å²) in [7, 11) is 0. The topological polar surface area (TPSA) is 51.8 Å². The summed E-state index contributed by atoms with van der Waals surface area (Å²) >= 11 is 0. The second-order valence-electron chi connectivity index (χ2n) is 2.88. The SMILES string of the molecule is CC(C)[C@@H](N)c1ncccn1. The first-order chi connectivity index (χ1) is 5.22. The molecule has 0 aromatic carbocycles. The van der Waals surface area contributed by atoms with Crippen LogP contribution in [0.2, 0.25) is 0 Å². The summed E-state index contributed by atoms with van der Waals surface area (Å²) in [5.41, 5.74) is 5.81. The third kappa shape index (κ3) is 1.98. The molecule has 60 valence electrons. The van der Waals surface area contributed by atoms with Crippen molar-refractivity contribution in [1.82, 2.24) is 9.97 Å². The van der Waals surface area contributed by atoms with E-state index in [-0.39, 0.29) is 6.04 Å². The Balaban J connectivity index is 2.77. The molecule has 0 amide bonds. The first-order valence-corrected chi connectivity index (χ1v) is 3.74. The molecule has 0 saturated carbocycles. The van der Waals surface area contributed by atoms with Crippen molar-refractivity contribution >= 4 is 0 Å². The summed E-state index contributed by atoms with van der Waals surface area (Å²) in [6, 6.07) is 1.74. The van der Waals surface area contributed by atoms with Gasteiger partial charge in [0.1, 0.15) is 5.82 Å². The fourth-order valence-electron chi connectivity index (χ4n) is 0.781. The normalized spacial score (nSPS) is 13.5. The molecule has 11 heavy (non-hydrogen) atoms. The van der Waals surface area contributed by atoms with Crippen LogP contribution in [0.25, 0.3) is 0 Å². The Hall–Kier alpha value is -0.960. The predicted molar refractivity (Wildman–Crippen MR) is 43.8 cm³/mol. The van der Waals surface area contributed by atoms with Crippen LogP contribution >= 0.6 is 0 Å². The van der Waals surface area contributed by atoms with E-state index in [1.807, 2.05) is 0 Å². The van der Waals surface area contributed by atoms with Crippen molar-refractivity contribution in [2.45, 2.75) is 19.9 Å². The van der Waals surface area contributed by atoms with Gasteiger partial charge < -0.3 is 5.73 Å². The van der Waals surface area contributed by atoms with Crippen LogP contribution < -0.4 is 5.73 Å². The molecular weight excluding hydrogens is 138 g/mol. The van der Waals surface area contributed by atoms with Gasteiger partial charge in [0.2, 0.25) is 0 Å². The minimum atomic E-state index is -0.0452. The van der Waals surface area contributed by atoms with Crippen LogP contribution in [0.3, 0.4) is 0 Å². The lowest BCUT2D eigenvalue weighted by atomic mass is 10.1. The van der Waals surface area contributed by atoms with Crippen molar-refractivity contribution in [2.24, 2.45) is 11.7 Å². The van der Waals surface area contributed by atoms with E-state index in [1.165, 1.54) is 0 Å². The van der Waals surface area contributed by atoms with E-state index >= 15 is 0 Å². The monoisotopic (exact) mass is 151 g/mol. The summed E-state index contributed by atoms with van der Waals surface area (Å²) in [5.74, 6) is 1.11. The lowest BCUT2D eigenvalue weighted by Gasteiger charge is -2.12. The Bertz CT molecular complexity index is 208. The minimum absolute atomic E-state index is 0.0452. The number of aromatic nitrogens is 2. The zero-order chi connectivity index (χ0) is 8.27. The predicted octanol–water partition coefficient (Wildman–Crippen LogP) is 1.13. The Morgan fingerprint density at radius 3 is 2.27 bits per heavy atom. The van der Waals surface area contributed by atoms with Crippen molar-refractivity contribution in [3.63, 3.8) is 0 Å². The van der Waals surface area contributed by atoms with Crippen LogP contribution in [0.5, 0.6) is 0 Å². The molecule has 1 heterocycles. The van der Waals surface area contributed by atoms with E-state index in [0.29, 0.717) is 5.92 Å². The van der Waals surface area contributed by atoms with Gasteiger partial charge in [0.05, 0.1) is 6.04 Å². The number of hydrogen-bond acceptors (Lipinski definition) is 3. The quantitative estimate of drug-likeness (QED) is 0.689. The highest BCUT2D eigenvalue weighted by molar-refractivity contribution is 4.95. The fourth-order valence-corrected chi connectivity index (χ4v) is 0.781. The smallest absolute Gasteiger partial charge is 0.145 e. The number of hydrogen-bond donors (Lipinski definition) is 1. The molecule has 0 radical (unpaired) electrons. The largest absolute Gasteiger partial charge is 0.321 e. The fraction of sp³-hybridized carbons (Fsp3) is 0.500. The van der Waals surface area contributed by atoms with Crippen molar-refractivity contribution in [2.75, 3.05) is 0 Å². The van der Waals surface area contributed by atoms with Crippen LogP contribution in [0.15, 0.2) is 18.5 Å². The molecule has 1 aromatic heterocycles. The maximum Gasteiger partial charge on any atom is 0.145 e. The van der Waals surface area contributed by atoms with Gasteiger partial charge in [-0.15, -0.1) is 0 Å². The van der Waals surface area contributed by atoms with Gasteiger partial charge in [0, 0.05) is 12.4 Å². The van der Waals surface area contributed by atoms with Crippen LogP contribution in [0.4, 0.5) is 0 Å². The molecule has 2 N–H and O–H groups in total. The number of nitrogens with two attached hydrogens (primary N) is 1. The van der Waals surface area contributed by atoms with E-state index in [0.717, 1.165) is 5.82 Å². The molecule has 0 aliphatic rings. The van der Waals surface area contributed by atoms with Gasteiger partial charge in [-0.1, -0.05) is 13.8 Å². The molecule has 0 bridgehead atoms. The van der Waals surface area contributed by atoms with Crippen molar-refractivity contribution < 1.29 is 0 Å². The average molecular weight is 151 g/mol. The molecule has 0 unspecified atom stereocenters.